The van der Waals surface area contributed by atoms with Gasteiger partial charge in [-0.2, -0.15) is 0 Å². The highest BCUT2D eigenvalue weighted by Crippen LogP contribution is 2.19. The highest BCUT2D eigenvalue weighted by Gasteiger charge is 2.35. The van der Waals surface area contributed by atoms with E-state index in [1.165, 1.54) is 7.11 Å². The molecule has 0 unspecified atom stereocenters. The maximum atomic E-state index is 12.2. The van der Waals surface area contributed by atoms with Gasteiger partial charge in [-0.25, -0.2) is 9.59 Å². The molecular weight excluding hydrogens is 280 g/mol. The van der Waals surface area contributed by atoms with Gasteiger partial charge in [-0.05, 0) is 20.3 Å². The lowest BCUT2D eigenvalue weighted by molar-refractivity contribution is -0.142. The van der Waals surface area contributed by atoms with E-state index in [-0.39, 0.29) is 12.8 Å². The molecule has 1 fully saturated rings. The quantitative estimate of drug-likeness (QED) is 0.704. The van der Waals surface area contributed by atoms with Crippen molar-refractivity contribution in [1.29, 1.82) is 0 Å². The van der Waals surface area contributed by atoms with Crippen LogP contribution < -0.4 is 5.32 Å². The fraction of sp³-hybridized carbons (Fsp3) is 0.769. The van der Waals surface area contributed by atoms with Gasteiger partial charge in [0.15, 0.2) is 0 Å². The van der Waals surface area contributed by atoms with Gasteiger partial charge in [0, 0.05) is 13.0 Å². The standard InChI is InChI=1S/C13H22N2O6/c1-13(2)8-21-7-6-15(13)12(19)14-9(11(17)18)4-5-10(16)20-3/h9H,4-8H2,1-3H3,(H,14,19)(H,17,18)/t9-/m0/s1. The smallest absolute Gasteiger partial charge is 0.326 e. The first kappa shape index (κ1) is 17.2. The monoisotopic (exact) mass is 302 g/mol. The summed E-state index contributed by atoms with van der Waals surface area (Å²) in [5.74, 6) is -1.69. The van der Waals surface area contributed by atoms with Crippen LogP contribution in [-0.2, 0) is 19.1 Å². The lowest BCUT2D eigenvalue weighted by Crippen LogP contribution is -2.60. The maximum absolute atomic E-state index is 12.2. The van der Waals surface area contributed by atoms with E-state index < -0.39 is 29.6 Å². The molecule has 1 rings (SSSR count). The van der Waals surface area contributed by atoms with E-state index in [1.807, 2.05) is 13.8 Å². The molecule has 8 nitrogen and oxygen atoms in total. The average molecular weight is 302 g/mol. The second kappa shape index (κ2) is 7.26. The number of ether oxygens (including phenoxy) is 2. The number of aliphatic carboxylic acids is 1. The average Bonchev–Trinajstić information content (AvgIpc) is 2.41. The molecule has 0 aromatic carbocycles. The third-order valence-electron chi connectivity index (χ3n) is 3.35. The predicted octanol–water partition coefficient (Wildman–Crippen LogP) is 0.213. The first-order chi connectivity index (χ1) is 9.77. The number of hydrogen-bond donors (Lipinski definition) is 2. The molecular formula is C13H22N2O6. The van der Waals surface area contributed by atoms with Gasteiger partial charge < -0.3 is 24.8 Å². The molecule has 1 atom stereocenters. The molecule has 0 bridgehead atoms. The van der Waals surface area contributed by atoms with Crippen LogP contribution in [0.25, 0.3) is 0 Å². The van der Waals surface area contributed by atoms with Gasteiger partial charge in [-0.15, -0.1) is 0 Å². The van der Waals surface area contributed by atoms with E-state index in [9.17, 15) is 14.4 Å². The number of nitrogens with one attached hydrogen (secondary N) is 1. The first-order valence-electron chi connectivity index (χ1n) is 6.73. The van der Waals surface area contributed by atoms with Crippen LogP contribution in [0, 0.1) is 0 Å². The Hall–Kier alpha value is -1.83. The SMILES string of the molecule is COC(=O)CC[C@H](NC(=O)N1CCOCC1(C)C)C(=O)O. The van der Waals surface area contributed by atoms with Gasteiger partial charge in [0.2, 0.25) is 0 Å². The molecule has 1 aliphatic rings. The van der Waals surface area contributed by atoms with Crippen molar-refractivity contribution in [1.82, 2.24) is 10.2 Å². The zero-order chi connectivity index (χ0) is 16.0. The van der Waals surface area contributed by atoms with Crippen LogP contribution >= 0.6 is 0 Å². The van der Waals surface area contributed by atoms with Crippen molar-refractivity contribution in [3.8, 4) is 0 Å². The number of nitrogens with zero attached hydrogens (tertiary/aromatic N) is 1. The summed E-state index contributed by atoms with van der Waals surface area (Å²) in [4.78, 5) is 36.0. The molecule has 0 spiro atoms. The number of morpholine rings is 1. The molecule has 21 heavy (non-hydrogen) atoms. The number of carboxylic acid groups (broad SMARTS) is 1. The fourth-order valence-electron chi connectivity index (χ4n) is 2.08. The number of carbonyl (C=O) groups excluding carboxylic acids is 2. The van der Waals surface area contributed by atoms with Crippen molar-refractivity contribution in [2.24, 2.45) is 0 Å². The summed E-state index contributed by atoms with van der Waals surface area (Å²) in [6.45, 7) is 4.88. The van der Waals surface area contributed by atoms with Crippen LogP contribution in [-0.4, -0.2) is 66.4 Å². The summed E-state index contributed by atoms with van der Waals surface area (Å²) in [5, 5.41) is 11.6. The number of carboxylic acids is 1. The highest BCUT2D eigenvalue weighted by molar-refractivity contribution is 5.83. The minimum atomic E-state index is -1.18. The molecule has 0 aromatic heterocycles. The van der Waals surface area contributed by atoms with Gasteiger partial charge >= 0.3 is 18.0 Å². The van der Waals surface area contributed by atoms with E-state index in [1.54, 1.807) is 4.90 Å². The topological polar surface area (TPSA) is 105 Å². The Kier molecular flexibility index (Phi) is 5.95. The second-order valence-corrected chi connectivity index (χ2v) is 5.47. The van der Waals surface area contributed by atoms with Gasteiger partial charge in [0.1, 0.15) is 6.04 Å². The van der Waals surface area contributed by atoms with Crippen molar-refractivity contribution < 1.29 is 29.0 Å². The number of carbonyl (C=O) groups is 3. The first-order valence-corrected chi connectivity index (χ1v) is 6.73. The van der Waals surface area contributed by atoms with Crippen molar-refractivity contribution >= 4 is 18.0 Å². The van der Waals surface area contributed by atoms with Crippen molar-refractivity contribution in [2.45, 2.75) is 38.3 Å². The molecule has 8 heteroatoms. The Balaban J connectivity index is 2.63. The summed E-state index contributed by atoms with van der Waals surface area (Å²) >= 11 is 0. The Morgan fingerprint density at radius 3 is 2.62 bits per heavy atom. The molecule has 0 radical (unpaired) electrons. The second-order valence-electron chi connectivity index (χ2n) is 5.47. The predicted molar refractivity (Wildman–Crippen MR) is 72.8 cm³/mol. The van der Waals surface area contributed by atoms with Gasteiger partial charge in [-0.3, -0.25) is 4.79 Å². The number of rotatable bonds is 5. The third-order valence-corrected chi connectivity index (χ3v) is 3.35. The Labute approximate surface area is 123 Å². The van der Waals surface area contributed by atoms with Crippen molar-refractivity contribution in [3.63, 3.8) is 0 Å². The van der Waals surface area contributed by atoms with E-state index in [0.29, 0.717) is 19.8 Å². The molecule has 120 valence electrons. The zero-order valence-corrected chi connectivity index (χ0v) is 12.5. The van der Waals surface area contributed by atoms with Crippen LogP contribution in [0.2, 0.25) is 0 Å². The summed E-state index contributed by atoms with van der Waals surface area (Å²) in [6, 6.07) is -1.60. The summed E-state index contributed by atoms with van der Waals surface area (Å²) in [6.07, 6.45) is -0.0846. The number of methoxy groups -OCH3 is 1. The summed E-state index contributed by atoms with van der Waals surface area (Å²) < 4.78 is 9.78. The fourth-order valence-corrected chi connectivity index (χ4v) is 2.08. The Bertz CT molecular complexity index is 409. The summed E-state index contributed by atoms with van der Waals surface area (Å²) in [5.41, 5.74) is -0.506. The van der Waals surface area contributed by atoms with Crippen LogP contribution in [0.1, 0.15) is 26.7 Å². The van der Waals surface area contributed by atoms with E-state index in [2.05, 4.69) is 10.1 Å². The van der Waals surface area contributed by atoms with Crippen LogP contribution in [0.5, 0.6) is 0 Å². The molecule has 1 saturated heterocycles. The normalized spacial score (nSPS) is 18.7. The molecule has 0 aromatic rings. The third kappa shape index (κ3) is 4.89. The van der Waals surface area contributed by atoms with Crippen LogP contribution in [0.4, 0.5) is 4.79 Å². The van der Waals surface area contributed by atoms with Crippen LogP contribution in [0.15, 0.2) is 0 Å². The largest absolute Gasteiger partial charge is 0.480 e. The highest BCUT2D eigenvalue weighted by atomic mass is 16.5. The van der Waals surface area contributed by atoms with Gasteiger partial charge in [-0.1, -0.05) is 0 Å². The lowest BCUT2D eigenvalue weighted by Gasteiger charge is -2.42. The van der Waals surface area contributed by atoms with Crippen molar-refractivity contribution in [2.75, 3.05) is 26.9 Å². The Morgan fingerprint density at radius 2 is 2.10 bits per heavy atom. The maximum Gasteiger partial charge on any atom is 0.326 e. The van der Waals surface area contributed by atoms with Gasteiger partial charge in [0.05, 0.1) is 25.9 Å². The molecule has 2 amide bonds. The molecule has 0 saturated carbocycles. The molecule has 1 heterocycles. The van der Waals surface area contributed by atoms with E-state index >= 15 is 0 Å². The van der Waals surface area contributed by atoms with Gasteiger partial charge in [0.25, 0.3) is 0 Å². The molecule has 0 aliphatic carbocycles. The van der Waals surface area contributed by atoms with Crippen molar-refractivity contribution in [3.05, 3.63) is 0 Å². The van der Waals surface area contributed by atoms with E-state index in [4.69, 9.17) is 9.84 Å². The number of amides is 2. The minimum Gasteiger partial charge on any atom is -0.480 e. The number of esters is 1. The number of hydrogen-bond acceptors (Lipinski definition) is 5. The lowest BCUT2D eigenvalue weighted by atomic mass is 10.0. The summed E-state index contributed by atoms with van der Waals surface area (Å²) in [7, 11) is 1.23. The molecule has 2 N–H and O–H groups in total. The van der Waals surface area contributed by atoms with E-state index in [0.717, 1.165) is 0 Å². The number of urea groups is 1. The minimum absolute atomic E-state index is 0.0154. The zero-order valence-electron chi connectivity index (χ0n) is 12.5. The molecule has 1 aliphatic heterocycles. The van der Waals surface area contributed by atoms with Crippen LogP contribution in [0.3, 0.4) is 0 Å². The Morgan fingerprint density at radius 1 is 1.43 bits per heavy atom.